The van der Waals surface area contributed by atoms with E-state index in [1.165, 1.54) is 6.07 Å². The van der Waals surface area contributed by atoms with Gasteiger partial charge in [-0.1, -0.05) is 19.9 Å². The van der Waals surface area contributed by atoms with Crippen molar-refractivity contribution in [1.82, 2.24) is 9.78 Å². The van der Waals surface area contributed by atoms with Crippen LogP contribution in [0.25, 0.3) is 11.3 Å². The number of hydrogen-bond donors (Lipinski definition) is 1. The van der Waals surface area contributed by atoms with Crippen molar-refractivity contribution in [3.63, 3.8) is 0 Å². The summed E-state index contributed by atoms with van der Waals surface area (Å²) >= 11 is 0. The van der Waals surface area contributed by atoms with Crippen LogP contribution in [-0.2, 0) is 7.05 Å². The van der Waals surface area contributed by atoms with Crippen LogP contribution >= 0.6 is 0 Å². The topological polar surface area (TPSA) is 87.0 Å². The molecule has 0 spiro atoms. The van der Waals surface area contributed by atoms with Gasteiger partial charge in [0.1, 0.15) is 5.82 Å². The monoisotopic (exact) mass is 274 g/mol. The number of aryl methyl sites for hydroxylation is 2. The largest absolute Gasteiger partial charge is 0.384 e. The van der Waals surface area contributed by atoms with Gasteiger partial charge in [-0.3, -0.25) is 14.8 Å². The fourth-order valence-electron chi connectivity index (χ4n) is 2.30. The summed E-state index contributed by atoms with van der Waals surface area (Å²) in [6, 6.07) is 4.80. The molecule has 0 fully saturated rings. The number of aromatic nitrogens is 2. The molecular formula is C14H18N4O2. The van der Waals surface area contributed by atoms with Gasteiger partial charge < -0.3 is 5.73 Å². The second-order valence-corrected chi connectivity index (χ2v) is 5.18. The number of nitro benzene ring substituents is 1. The zero-order valence-electron chi connectivity index (χ0n) is 12.0. The van der Waals surface area contributed by atoms with Gasteiger partial charge in [0.15, 0.2) is 0 Å². The number of nitro groups is 1. The van der Waals surface area contributed by atoms with Gasteiger partial charge in [0.25, 0.3) is 5.69 Å². The third-order valence-electron chi connectivity index (χ3n) is 3.39. The molecule has 0 saturated heterocycles. The number of benzene rings is 1. The Morgan fingerprint density at radius 1 is 1.40 bits per heavy atom. The van der Waals surface area contributed by atoms with E-state index in [0.29, 0.717) is 5.82 Å². The van der Waals surface area contributed by atoms with E-state index in [2.05, 4.69) is 5.10 Å². The molecule has 2 N–H and O–H groups in total. The highest BCUT2D eigenvalue weighted by Crippen LogP contribution is 2.35. The minimum Gasteiger partial charge on any atom is -0.384 e. The molecule has 106 valence electrons. The molecule has 0 radical (unpaired) electrons. The fraction of sp³-hybridized carbons (Fsp3) is 0.357. The average Bonchev–Trinajstić information content (AvgIpc) is 2.66. The van der Waals surface area contributed by atoms with Gasteiger partial charge >= 0.3 is 0 Å². The Morgan fingerprint density at radius 3 is 2.60 bits per heavy atom. The van der Waals surface area contributed by atoms with Gasteiger partial charge in [0.05, 0.1) is 10.6 Å². The standard InChI is InChI=1S/C14H18N4O2/c1-8(2)12-13(16-17(4)14(12)15)11-7-10(18(19)20)6-5-9(11)3/h5-8H,15H2,1-4H3. The lowest BCUT2D eigenvalue weighted by Crippen LogP contribution is -2.00. The molecule has 1 aromatic heterocycles. The predicted octanol–water partition coefficient (Wildman–Crippen LogP) is 3.01. The van der Waals surface area contributed by atoms with Gasteiger partial charge in [-0.05, 0) is 18.4 Å². The van der Waals surface area contributed by atoms with Crippen molar-refractivity contribution in [3.8, 4) is 11.3 Å². The minimum absolute atomic E-state index is 0.0598. The maximum Gasteiger partial charge on any atom is 0.270 e. The maximum absolute atomic E-state index is 10.9. The van der Waals surface area contributed by atoms with Gasteiger partial charge in [-0.25, -0.2) is 0 Å². The summed E-state index contributed by atoms with van der Waals surface area (Å²) in [4.78, 5) is 10.5. The van der Waals surface area contributed by atoms with Crippen molar-refractivity contribution in [2.24, 2.45) is 7.05 Å². The van der Waals surface area contributed by atoms with E-state index in [-0.39, 0.29) is 11.6 Å². The normalized spacial score (nSPS) is 11.1. The van der Waals surface area contributed by atoms with Gasteiger partial charge in [-0.2, -0.15) is 5.10 Å². The summed E-state index contributed by atoms with van der Waals surface area (Å²) in [7, 11) is 1.78. The van der Waals surface area contributed by atoms with Crippen molar-refractivity contribution >= 4 is 11.5 Å². The summed E-state index contributed by atoms with van der Waals surface area (Å²) < 4.78 is 1.61. The molecule has 0 saturated carbocycles. The van der Waals surface area contributed by atoms with Crippen LogP contribution in [0, 0.1) is 17.0 Å². The number of non-ortho nitro benzene ring substituents is 1. The molecular weight excluding hydrogens is 256 g/mol. The van der Waals surface area contributed by atoms with Crippen LogP contribution in [-0.4, -0.2) is 14.7 Å². The molecule has 6 heteroatoms. The molecule has 0 aliphatic heterocycles. The molecule has 0 atom stereocenters. The van der Waals surface area contributed by atoms with Crippen molar-refractivity contribution in [3.05, 3.63) is 39.4 Å². The first-order valence-corrected chi connectivity index (χ1v) is 6.40. The van der Waals surface area contributed by atoms with Crippen LogP contribution in [0.1, 0.15) is 30.9 Å². The third kappa shape index (κ3) is 2.24. The third-order valence-corrected chi connectivity index (χ3v) is 3.39. The second-order valence-electron chi connectivity index (χ2n) is 5.18. The van der Waals surface area contributed by atoms with E-state index in [4.69, 9.17) is 5.73 Å². The number of nitrogen functional groups attached to an aromatic ring is 1. The first kappa shape index (κ1) is 14.0. The van der Waals surface area contributed by atoms with Crippen molar-refractivity contribution in [2.45, 2.75) is 26.7 Å². The molecule has 1 aromatic carbocycles. The molecule has 1 heterocycles. The smallest absolute Gasteiger partial charge is 0.270 e. The zero-order valence-corrected chi connectivity index (χ0v) is 12.0. The van der Waals surface area contributed by atoms with Crippen molar-refractivity contribution in [1.29, 1.82) is 0 Å². The van der Waals surface area contributed by atoms with Gasteiger partial charge in [-0.15, -0.1) is 0 Å². The molecule has 0 unspecified atom stereocenters. The van der Waals surface area contributed by atoms with E-state index in [1.54, 1.807) is 23.9 Å². The molecule has 0 aliphatic rings. The molecule has 0 bridgehead atoms. The summed E-state index contributed by atoms with van der Waals surface area (Å²) in [6.07, 6.45) is 0. The molecule has 2 aromatic rings. The van der Waals surface area contributed by atoms with E-state index in [9.17, 15) is 10.1 Å². The maximum atomic E-state index is 10.9. The van der Waals surface area contributed by atoms with Crippen LogP contribution in [0.3, 0.4) is 0 Å². The number of hydrogen-bond acceptors (Lipinski definition) is 4. The van der Waals surface area contributed by atoms with E-state index < -0.39 is 4.92 Å². The summed E-state index contributed by atoms with van der Waals surface area (Å²) in [5.74, 6) is 0.790. The number of nitrogens with zero attached hydrogens (tertiary/aromatic N) is 3. The van der Waals surface area contributed by atoms with E-state index in [1.807, 2.05) is 20.8 Å². The summed E-state index contributed by atoms with van der Waals surface area (Å²) in [5, 5.41) is 15.4. The molecule has 0 aliphatic carbocycles. The van der Waals surface area contributed by atoms with Crippen LogP contribution < -0.4 is 5.73 Å². The summed E-state index contributed by atoms with van der Waals surface area (Å²) in [5.41, 5.74) is 9.47. The van der Waals surface area contributed by atoms with E-state index in [0.717, 1.165) is 22.4 Å². The SMILES string of the molecule is Cc1ccc([N+](=O)[O-])cc1-c1nn(C)c(N)c1C(C)C. The molecule has 2 rings (SSSR count). The Bertz CT molecular complexity index is 674. The highest BCUT2D eigenvalue weighted by molar-refractivity contribution is 5.73. The Hall–Kier alpha value is -2.37. The second kappa shape index (κ2) is 4.96. The Kier molecular flexibility index (Phi) is 3.48. The zero-order chi connectivity index (χ0) is 15.0. The number of nitrogens with two attached hydrogens (primary N) is 1. The van der Waals surface area contributed by atoms with Gasteiger partial charge in [0.2, 0.25) is 0 Å². The first-order valence-electron chi connectivity index (χ1n) is 6.40. The first-order chi connectivity index (χ1) is 9.32. The van der Waals surface area contributed by atoms with E-state index >= 15 is 0 Å². The number of anilines is 1. The van der Waals surface area contributed by atoms with Crippen molar-refractivity contribution < 1.29 is 4.92 Å². The molecule has 20 heavy (non-hydrogen) atoms. The van der Waals surface area contributed by atoms with Crippen molar-refractivity contribution in [2.75, 3.05) is 5.73 Å². The molecule has 0 amide bonds. The fourth-order valence-corrected chi connectivity index (χ4v) is 2.30. The quantitative estimate of drug-likeness (QED) is 0.688. The lowest BCUT2D eigenvalue weighted by molar-refractivity contribution is -0.384. The van der Waals surface area contributed by atoms with Crippen LogP contribution in [0.2, 0.25) is 0 Å². The Balaban J connectivity index is 2.71. The highest BCUT2D eigenvalue weighted by Gasteiger charge is 2.21. The van der Waals surface area contributed by atoms with Crippen LogP contribution in [0.4, 0.5) is 11.5 Å². The Morgan fingerprint density at radius 2 is 2.05 bits per heavy atom. The average molecular weight is 274 g/mol. The summed E-state index contributed by atoms with van der Waals surface area (Å²) in [6.45, 7) is 5.97. The predicted molar refractivity (Wildman–Crippen MR) is 78.5 cm³/mol. The lowest BCUT2D eigenvalue weighted by Gasteiger charge is -2.09. The molecule has 6 nitrogen and oxygen atoms in total. The number of rotatable bonds is 3. The van der Waals surface area contributed by atoms with Gasteiger partial charge in [0, 0.05) is 30.3 Å². The van der Waals surface area contributed by atoms with Crippen LogP contribution in [0.5, 0.6) is 0 Å². The highest BCUT2D eigenvalue weighted by atomic mass is 16.6. The Labute approximate surface area is 117 Å². The van der Waals surface area contributed by atoms with Crippen LogP contribution in [0.15, 0.2) is 18.2 Å². The lowest BCUT2D eigenvalue weighted by atomic mass is 9.96. The minimum atomic E-state index is -0.399.